The van der Waals surface area contributed by atoms with Gasteiger partial charge in [-0.15, -0.1) is 0 Å². The Balaban J connectivity index is 2.23. The van der Waals surface area contributed by atoms with E-state index in [2.05, 4.69) is 29.2 Å². The molecule has 0 saturated heterocycles. The van der Waals surface area contributed by atoms with E-state index in [4.69, 9.17) is 0 Å². The van der Waals surface area contributed by atoms with Gasteiger partial charge in [0.15, 0.2) is 5.82 Å². The van der Waals surface area contributed by atoms with E-state index in [0.717, 1.165) is 12.1 Å². The van der Waals surface area contributed by atoms with Crippen molar-refractivity contribution in [1.82, 2.24) is 20.1 Å². The third-order valence-electron chi connectivity index (χ3n) is 3.63. The van der Waals surface area contributed by atoms with Crippen LogP contribution in [-0.4, -0.2) is 38.4 Å². The van der Waals surface area contributed by atoms with Gasteiger partial charge in [-0.3, -0.25) is 4.79 Å². The number of carbonyl (C=O) groups is 1. The van der Waals surface area contributed by atoms with Crippen LogP contribution in [-0.2, 0) is 6.42 Å². The highest BCUT2D eigenvalue weighted by Crippen LogP contribution is 2.15. The molecular formula is C17H24N4O2. The first-order valence-electron chi connectivity index (χ1n) is 7.96. The highest BCUT2D eigenvalue weighted by Gasteiger charge is 2.20. The van der Waals surface area contributed by atoms with E-state index in [9.17, 15) is 9.90 Å². The number of nitrogens with one attached hydrogen (secondary N) is 1. The van der Waals surface area contributed by atoms with Crippen molar-refractivity contribution in [2.45, 2.75) is 39.7 Å². The Morgan fingerprint density at radius 3 is 2.74 bits per heavy atom. The molecule has 23 heavy (non-hydrogen) atoms. The third-order valence-corrected chi connectivity index (χ3v) is 3.63. The van der Waals surface area contributed by atoms with Crippen molar-refractivity contribution in [3.8, 4) is 5.82 Å². The number of hydrogen-bond donors (Lipinski definition) is 2. The quantitative estimate of drug-likeness (QED) is 0.818. The van der Waals surface area contributed by atoms with Gasteiger partial charge < -0.3 is 10.4 Å². The normalized spacial score (nSPS) is 12.4. The van der Waals surface area contributed by atoms with Gasteiger partial charge in [0.2, 0.25) is 0 Å². The van der Waals surface area contributed by atoms with Gasteiger partial charge in [-0.25, -0.2) is 9.67 Å². The SMILES string of the molecule is CCc1c(C(=O)NC(CO)CC(C)C)cnn1-c1ccccn1. The average Bonchev–Trinajstić information content (AvgIpc) is 2.98. The second kappa shape index (κ2) is 7.87. The standard InChI is InChI=1S/C17H24N4O2/c1-4-15-14(17(23)20-13(11-22)9-12(2)3)10-19-21(15)16-7-5-6-8-18-16/h5-8,10,12-13,22H,4,9,11H2,1-3H3,(H,20,23). The van der Waals surface area contributed by atoms with Crippen molar-refractivity contribution >= 4 is 5.91 Å². The summed E-state index contributed by atoms with van der Waals surface area (Å²) in [6.07, 6.45) is 4.65. The van der Waals surface area contributed by atoms with Crippen LogP contribution in [0, 0.1) is 5.92 Å². The number of aromatic nitrogens is 3. The molecule has 1 atom stereocenters. The fourth-order valence-electron chi connectivity index (χ4n) is 2.59. The molecule has 0 aliphatic rings. The zero-order chi connectivity index (χ0) is 16.8. The number of hydrogen-bond acceptors (Lipinski definition) is 4. The first kappa shape index (κ1) is 17.1. The fourth-order valence-corrected chi connectivity index (χ4v) is 2.59. The summed E-state index contributed by atoms with van der Waals surface area (Å²) in [5, 5.41) is 16.6. The van der Waals surface area contributed by atoms with Gasteiger partial charge in [0, 0.05) is 6.20 Å². The van der Waals surface area contributed by atoms with Gasteiger partial charge in [-0.1, -0.05) is 26.8 Å². The molecule has 2 aromatic heterocycles. The van der Waals surface area contributed by atoms with Gasteiger partial charge in [0.05, 0.1) is 30.1 Å². The van der Waals surface area contributed by atoms with Crippen molar-refractivity contribution in [2.24, 2.45) is 5.92 Å². The van der Waals surface area contributed by atoms with Crippen LogP contribution in [0.2, 0.25) is 0 Å². The van der Waals surface area contributed by atoms with Gasteiger partial charge in [-0.2, -0.15) is 5.10 Å². The molecule has 1 unspecified atom stereocenters. The summed E-state index contributed by atoms with van der Waals surface area (Å²) in [5.74, 6) is 0.877. The maximum Gasteiger partial charge on any atom is 0.255 e. The Morgan fingerprint density at radius 2 is 2.17 bits per heavy atom. The minimum absolute atomic E-state index is 0.0697. The van der Waals surface area contributed by atoms with E-state index >= 15 is 0 Å². The Bertz CT molecular complexity index is 637. The molecule has 2 heterocycles. The van der Waals surface area contributed by atoms with Crippen LogP contribution in [0.25, 0.3) is 5.82 Å². The van der Waals surface area contributed by atoms with Gasteiger partial charge >= 0.3 is 0 Å². The van der Waals surface area contributed by atoms with Crippen molar-refractivity contribution in [3.63, 3.8) is 0 Å². The van der Waals surface area contributed by atoms with E-state index in [1.54, 1.807) is 17.1 Å². The molecule has 6 heteroatoms. The minimum Gasteiger partial charge on any atom is -0.394 e. The van der Waals surface area contributed by atoms with Crippen molar-refractivity contribution in [2.75, 3.05) is 6.61 Å². The molecule has 0 aliphatic heterocycles. The summed E-state index contributed by atoms with van der Waals surface area (Å²) in [6, 6.07) is 5.33. The van der Waals surface area contributed by atoms with Crippen LogP contribution in [0.3, 0.4) is 0 Å². The molecule has 0 aliphatic carbocycles. The number of rotatable bonds is 7. The summed E-state index contributed by atoms with van der Waals surface area (Å²) in [4.78, 5) is 16.8. The molecule has 0 saturated carbocycles. The van der Waals surface area contributed by atoms with Crippen LogP contribution in [0.1, 0.15) is 43.2 Å². The number of amides is 1. The van der Waals surface area contributed by atoms with Crippen LogP contribution >= 0.6 is 0 Å². The molecule has 0 fully saturated rings. The molecule has 2 N–H and O–H groups in total. The maximum absolute atomic E-state index is 12.5. The van der Waals surface area contributed by atoms with Crippen molar-refractivity contribution in [1.29, 1.82) is 0 Å². The first-order chi connectivity index (χ1) is 11.1. The van der Waals surface area contributed by atoms with Crippen LogP contribution in [0.4, 0.5) is 0 Å². The summed E-state index contributed by atoms with van der Waals surface area (Å²) in [5.41, 5.74) is 1.34. The molecule has 0 spiro atoms. The van der Waals surface area contributed by atoms with Crippen LogP contribution < -0.4 is 5.32 Å². The fraction of sp³-hybridized carbons (Fsp3) is 0.471. The predicted octanol–water partition coefficient (Wildman–Crippen LogP) is 1.97. The number of aliphatic hydroxyl groups excluding tert-OH is 1. The predicted molar refractivity (Wildman–Crippen MR) is 88.5 cm³/mol. The third kappa shape index (κ3) is 4.16. The second-order valence-electron chi connectivity index (χ2n) is 5.94. The molecule has 6 nitrogen and oxygen atoms in total. The molecule has 0 aromatic carbocycles. The van der Waals surface area contributed by atoms with E-state index in [0.29, 0.717) is 23.7 Å². The van der Waals surface area contributed by atoms with E-state index in [1.807, 2.05) is 25.1 Å². The largest absolute Gasteiger partial charge is 0.394 e. The lowest BCUT2D eigenvalue weighted by Gasteiger charge is -2.18. The Labute approximate surface area is 136 Å². The highest BCUT2D eigenvalue weighted by molar-refractivity contribution is 5.95. The Morgan fingerprint density at radius 1 is 1.39 bits per heavy atom. The molecule has 2 aromatic rings. The second-order valence-corrected chi connectivity index (χ2v) is 5.94. The number of carbonyl (C=O) groups excluding carboxylic acids is 1. The average molecular weight is 316 g/mol. The zero-order valence-corrected chi connectivity index (χ0v) is 13.9. The van der Waals surface area contributed by atoms with Gasteiger partial charge in [-0.05, 0) is 30.9 Å². The van der Waals surface area contributed by atoms with Gasteiger partial charge in [0.25, 0.3) is 5.91 Å². The zero-order valence-electron chi connectivity index (χ0n) is 13.9. The lowest BCUT2D eigenvalue weighted by Crippen LogP contribution is -2.38. The number of aliphatic hydroxyl groups is 1. The minimum atomic E-state index is -0.245. The van der Waals surface area contributed by atoms with Crippen LogP contribution in [0.15, 0.2) is 30.6 Å². The molecule has 0 radical (unpaired) electrons. The maximum atomic E-state index is 12.5. The van der Waals surface area contributed by atoms with Crippen molar-refractivity contribution < 1.29 is 9.90 Å². The summed E-state index contributed by atoms with van der Waals surface area (Å²) in [6.45, 7) is 6.03. The lowest BCUT2D eigenvalue weighted by atomic mass is 10.0. The van der Waals surface area contributed by atoms with E-state index in [-0.39, 0.29) is 18.6 Å². The molecule has 124 valence electrons. The molecular weight excluding hydrogens is 292 g/mol. The first-order valence-corrected chi connectivity index (χ1v) is 7.96. The Hall–Kier alpha value is -2.21. The van der Waals surface area contributed by atoms with Crippen LogP contribution in [0.5, 0.6) is 0 Å². The summed E-state index contributed by atoms with van der Waals surface area (Å²) >= 11 is 0. The van der Waals surface area contributed by atoms with Crippen molar-refractivity contribution in [3.05, 3.63) is 41.9 Å². The number of nitrogens with zero attached hydrogens (tertiary/aromatic N) is 3. The number of pyridine rings is 1. The molecule has 2 rings (SSSR count). The monoisotopic (exact) mass is 316 g/mol. The molecule has 0 bridgehead atoms. The van der Waals surface area contributed by atoms with Gasteiger partial charge in [0.1, 0.15) is 0 Å². The van der Waals surface area contributed by atoms with E-state index < -0.39 is 0 Å². The Kier molecular flexibility index (Phi) is 5.87. The highest BCUT2D eigenvalue weighted by atomic mass is 16.3. The van der Waals surface area contributed by atoms with E-state index in [1.165, 1.54) is 0 Å². The smallest absolute Gasteiger partial charge is 0.255 e. The summed E-state index contributed by atoms with van der Waals surface area (Å²) in [7, 11) is 0. The molecule has 1 amide bonds. The topological polar surface area (TPSA) is 80.0 Å². The summed E-state index contributed by atoms with van der Waals surface area (Å²) < 4.78 is 1.69. The lowest BCUT2D eigenvalue weighted by molar-refractivity contribution is 0.0907.